The highest BCUT2D eigenvalue weighted by Crippen LogP contribution is 2.62. The van der Waals surface area contributed by atoms with Crippen molar-refractivity contribution in [3.8, 4) is 0 Å². The third-order valence-electron chi connectivity index (χ3n) is 6.04. The van der Waals surface area contributed by atoms with Crippen LogP contribution in [-0.2, 0) is 0 Å². The molecule has 1 unspecified atom stereocenters. The lowest BCUT2D eigenvalue weighted by atomic mass is 9.48. The highest BCUT2D eigenvalue weighted by Gasteiger charge is 2.51. The molecule has 0 radical (unpaired) electrons. The highest BCUT2D eigenvalue weighted by molar-refractivity contribution is 7.10. The van der Waals surface area contributed by atoms with E-state index in [1.165, 1.54) is 25.7 Å². The van der Waals surface area contributed by atoms with E-state index in [-0.39, 0.29) is 0 Å². The third kappa shape index (κ3) is 2.17. The van der Waals surface area contributed by atoms with Crippen LogP contribution in [-0.4, -0.2) is 7.05 Å². The van der Waals surface area contributed by atoms with Gasteiger partial charge in [-0.2, -0.15) is 0 Å². The summed E-state index contributed by atoms with van der Waals surface area (Å²) in [5.41, 5.74) is 0.687. The topological polar surface area (TPSA) is 12.0 Å². The summed E-state index contributed by atoms with van der Waals surface area (Å²) in [4.78, 5) is 1.54. The van der Waals surface area contributed by atoms with Crippen LogP contribution >= 0.6 is 11.3 Å². The monoisotopic (exact) mass is 275 g/mol. The second-order valence-electron chi connectivity index (χ2n) is 7.48. The van der Waals surface area contributed by atoms with Crippen LogP contribution in [0, 0.1) is 23.2 Å². The lowest BCUT2D eigenvalue weighted by Crippen LogP contribution is -2.47. The molecule has 0 aliphatic heterocycles. The molecule has 2 heteroatoms. The van der Waals surface area contributed by atoms with Crippen LogP contribution in [0.1, 0.15) is 55.9 Å². The Morgan fingerprint density at radius 3 is 2.32 bits per heavy atom. The average molecular weight is 275 g/mol. The molecular weight excluding hydrogens is 250 g/mol. The van der Waals surface area contributed by atoms with E-state index >= 15 is 0 Å². The first-order valence-corrected chi connectivity index (χ1v) is 8.85. The van der Waals surface area contributed by atoms with E-state index in [4.69, 9.17) is 0 Å². The largest absolute Gasteiger partial charge is 0.312 e. The van der Waals surface area contributed by atoms with Crippen LogP contribution in [0.4, 0.5) is 0 Å². The summed E-state index contributed by atoms with van der Waals surface area (Å²) in [5.74, 6) is 3.23. The Hall–Kier alpha value is -0.340. The summed E-state index contributed by atoms with van der Waals surface area (Å²) >= 11 is 1.92. The molecule has 0 saturated heterocycles. The zero-order chi connectivity index (χ0) is 12.9. The van der Waals surface area contributed by atoms with Crippen LogP contribution in [0.5, 0.6) is 0 Å². The Labute approximate surface area is 120 Å². The van der Waals surface area contributed by atoms with Gasteiger partial charge in [-0.3, -0.25) is 0 Å². The van der Waals surface area contributed by atoms with Gasteiger partial charge in [-0.15, -0.1) is 11.3 Å². The highest BCUT2D eigenvalue weighted by atomic mass is 32.1. The molecule has 1 aromatic heterocycles. The maximum atomic E-state index is 3.59. The van der Waals surface area contributed by atoms with Crippen molar-refractivity contribution in [1.82, 2.24) is 5.32 Å². The Balaban J connectivity index is 1.55. The summed E-state index contributed by atoms with van der Waals surface area (Å²) in [5, 5.41) is 5.81. The van der Waals surface area contributed by atoms with E-state index in [0.29, 0.717) is 11.5 Å². The van der Waals surface area contributed by atoms with E-state index < -0.39 is 0 Å². The quantitative estimate of drug-likeness (QED) is 0.846. The van der Waals surface area contributed by atoms with Crippen LogP contribution in [0.2, 0.25) is 0 Å². The smallest absolute Gasteiger partial charge is 0.0417 e. The first-order valence-electron chi connectivity index (χ1n) is 7.97. The van der Waals surface area contributed by atoms with Gasteiger partial charge < -0.3 is 5.32 Å². The Kier molecular flexibility index (Phi) is 3.00. The van der Waals surface area contributed by atoms with Gasteiger partial charge in [-0.05, 0) is 86.6 Å². The minimum absolute atomic E-state index is 0.594. The molecule has 104 valence electrons. The molecule has 4 saturated carbocycles. The van der Waals surface area contributed by atoms with Crippen molar-refractivity contribution < 1.29 is 0 Å². The third-order valence-corrected chi connectivity index (χ3v) is 7.02. The molecule has 4 bridgehead atoms. The zero-order valence-electron chi connectivity index (χ0n) is 11.9. The average Bonchev–Trinajstić information content (AvgIpc) is 2.88. The molecule has 5 rings (SSSR count). The van der Waals surface area contributed by atoms with Crippen molar-refractivity contribution in [3.05, 3.63) is 22.4 Å². The van der Waals surface area contributed by atoms with E-state index in [0.717, 1.165) is 17.8 Å². The predicted molar refractivity (Wildman–Crippen MR) is 81.3 cm³/mol. The standard InChI is InChI=1S/C17H25NS/c1-18-15(16-3-2-4-19-16)11-17-8-12-5-13(9-17)7-14(6-12)10-17/h2-4,12-15,18H,5-11H2,1H3. The maximum absolute atomic E-state index is 3.59. The van der Waals surface area contributed by atoms with E-state index in [2.05, 4.69) is 29.9 Å². The number of hydrogen-bond acceptors (Lipinski definition) is 2. The number of hydrogen-bond donors (Lipinski definition) is 1. The molecule has 1 nitrogen and oxygen atoms in total. The first kappa shape index (κ1) is 12.4. The fourth-order valence-corrected chi connectivity index (χ4v) is 6.64. The Morgan fingerprint density at radius 2 is 1.84 bits per heavy atom. The van der Waals surface area contributed by atoms with Gasteiger partial charge in [0, 0.05) is 10.9 Å². The molecule has 0 amide bonds. The van der Waals surface area contributed by atoms with Crippen LogP contribution in [0.25, 0.3) is 0 Å². The molecule has 19 heavy (non-hydrogen) atoms. The molecule has 0 spiro atoms. The van der Waals surface area contributed by atoms with Crippen molar-refractivity contribution in [2.45, 2.75) is 51.0 Å². The summed E-state index contributed by atoms with van der Waals surface area (Å²) < 4.78 is 0. The van der Waals surface area contributed by atoms with E-state index in [1.807, 2.05) is 11.3 Å². The van der Waals surface area contributed by atoms with Gasteiger partial charge >= 0.3 is 0 Å². The molecule has 1 aromatic rings. The summed E-state index contributed by atoms with van der Waals surface area (Å²) in [6, 6.07) is 5.10. The molecule has 4 aliphatic rings. The van der Waals surface area contributed by atoms with Gasteiger partial charge in [0.1, 0.15) is 0 Å². The van der Waals surface area contributed by atoms with Gasteiger partial charge in [0.05, 0.1) is 0 Å². The summed E-state index contributed by atoms with van der Waals surface area (Å²) in [6.45, 7) is 0. The summed E-state index contributed by atoms with van der Waals surface area (Å²) in [6.07, 6.45) is 10.6. The summed E-state index contributed by atoms with van der Waals surface area (Å²) in [7, 11) is 2.14. The van der Waals surface area contributed by atoms with Crippen LogP contribution < -0.4 is 5.32 Å². The van der Waals surface area contributed by atoms with Gasteiger partial charge in [0.15, 0.2) is 0 Å². The fourth-order valence-electron chi connectivity index (χ4n) is 5.81. The molecule has 0 aromatic carbocycles. The van der Waals surface area contributed by atoms with Crippen molar-refractivity contribution in [3.63, 3.8) is 0 Å². The van der Waals surface area contributed by atoms with Crippen molar-refractivity contribution in [2.24, 2.45) is 23.2 Å². The van der Waals surface area contributed by atoms with E-state index in [1.54, 1.807) is 24.1 Å². The fraction of sp³-hybridized carbons (Fsp3) is 0.765. The van der Waals surface area contributed by atoms with Gasteiger partial charge in [0.25, 0.3) is 0 Å². The van der Waals surface area contributed by atoms with Crippen LogP contribution in [0.15, 0.2) is 17.5 Å². The molecule has 1 atom stereocenters. The maximum Gasteiger partial charge on any atom is 0.0417 e. The molecule has 1 N–H and O–H groups in total. The minimum Gasteiger partial charge on any atom is -0.312 e. The van der Waals surface area contributed by atoms with Crippen molar-refractivity contribution in [1.29, 1.82) is 0 Å². The SMILES string of the molecule is CNC(CC12CC3CC(CC(C3)C1)C2)c1cccs1. The normalized spacial score (nSPS) is 41.6. The molecular formula is C17H25NS. The zero-order valence-corrected chi connectivity index (χ0v) is 12.7. The van der Waals surface area contributed by atoms with E-state index in [9.17, 15) is 0 Å². The lowest BCUT2D eigenvalue weighted by Gasteiger charge is -2.57. The lowest BCUT2D eigenvalue weighted by molar-refractivity contribution is -0.0618. The molecule has 4 fully saturated rings. The van der Waals surface area contributed by atoms with Crippen molar-refractivity contribution >= 4 is 11.3 Å². The van der Waals surface area contributed by atoms with Crippen molar-refractivity contribution in [2.75, 3.05) is 7.05 Å². The van der Waals surface area contributed by atoms with Crippen LogP contribution in [0.3, 0.4) is 0 Å². The Bertz CT molecular complexity index is 401. The molecule has 1 heterocycles. The van der Waals surface area contributed by atoms with Gasteiger partial charge in [-0.1, -0.05) is 6.07 Å². The number of rotatable bonds is 4. The predicted octanol–water partition coefficient (Wildman–Crippen LogP) is 4.62. The molecule has 4 aliphatic carbocycles. The number of thiophene rings is 1. The first-order chi connectivity index (χ1) is 9.26. The minimum atomic E-state index is 0.594. The second kappa shape index (κ2) is 4.60. The second-order valence-corrected chi connectivity index (χ2v) is 8.46. The Morgan fingerprint density at radius 1 is 1.21 bits per heavy atom. The number of nitrogens with one attached hydrogen (secondary N) is 1. The van der Waals surface area contributed by atoms with Gasteiger partial charge in [0.2, 0.25) is 0 Å². The van der Waals surface area contributed by atoms with Gasteiger partial charge in [-0.25, -0.2) is 0 Å².